The second kappa shape index (κ2) is 7.10. The Morgan fingerprint density at radius 1 is 1.04 bits per heavy atom. The first-order valence-electron chi connectivity index (χ1n) is 8.13. The summed E-state index contributed by atoms with van der Waals surface area (Å²) >= 11 is 0. The lowest BCUT2D eigenvalue weighted by Gasteiger charge is -2.36. The lowest BCUT2D eigenvalue weighted by Crippen LogP contribution is -2.43. The zero-order valence-corrected chi connectivity index (χ0v) is 16.1. The van der Waals surface area contributed by atoms with E-state index in [2.05, 4.69) is 39.9 Å². The molecule has 0 saturated heterocycles. The average Bonchev–Trinajstić information content (AvgIpc) is 2.52. The maximum absolute atomic E-state index is 9.12. The molecule has 0 unspecified atom stereocenters. The first kappa shape index (κ1) is 18.1. The molecule has 0 aliphatic rings. The van der Waals surface area contributed by atoms with E-state index in [0.29, 0.717) is 17.9 Å². The molecular weight excluding hydrogens is 314 g/mol. The van der Waals surface area contributed by atoms with Gasteiger partial charge in [-0.1, -0.05) is 45.0 Å². The smallest absolute Gasteiger partial charge is 0.250 e. The molecule has 2 aromatic rings. The molecule has 0 radical (unpaired) electrons. The first-order chi connectivity index (χ1) is 11.2. The maximum Gasteiger partial charge on any atom is 0.250 e. The predicted molar refractivity (Wildman–Crippen MR) is 99.8 cm³/mol. The van der Waals surface area contributed by atoms with E-state index in [9.17, 15) is 0 Å². The molecule has 4 heteroatoms. The van der Waals surface area contributed by atoms with Gasteiger partial charge in [0.2, 0.25) is 8.32 Å². The van der Waals surface area contributed by atoms with Crippen molar-refractivity contribution in [2.75, 3.05) is 0 Å². The summed E-state index contributed by atoms with van der Waals surface area (Å²) in [5, 5.41) is 9.28. The van der Waals surface area contributed by atoms with Crippen LogP contribution >= 0.6 is 0 Å². The van der Waals surface area contributed by atoms with Crippen LogP contribution in [0.15, 0.2) is 48.5 Å². The van der Waals surface area contributed by atoms with Crippen LogP contribution in [-0.2, 0) is 6.61 Å². The van der Waals surface area contributed by atoms with E-state index in [1.807, 2.05) is 42.5 Å². The van der Waals surface area contributed by atoms with Crippen molar-refractivity contribution in [2.45, 2.75) is 45.5 Å². The molecule has 0 amide bonds. The summed E-state index contributed by atoms with van der Waals surface area (Å²) in [7, 11) is -1.85. The van der Waals surface area contributed by atoms with Crippen molar-refractivity contribution in [1.29, 1.82) is 5.26 Å². The monoisotopic (exact) mass is 339 g/mol. The quantitative estimate of drug-likeness (QED) is 0.673. The maximum atomic E-state index is 9.12. The summed E-state index contributed by atoms with van der Waals surface area (Å²) in [6.45, 7) is 11.6. The van der Waals surface area contributed by atoms with Gasteiger partial charge in [-0.2, -0.15) is 5.26 Å². The Morgan fingerprint density at radius 3 is 2.42 bits per heavy atom. The number of ether oxygens (including phenoxy) is 1. The van der Waals surface area contributed by atoms with Crippen LogP contribution in [0.25, 0.3) is 0 Å². The van der Waals surface area contributed by atoms with Crippen molar-refractivity contribution in [1.82, 2.24) is 0 Å². The second-order valence-electron chi connectivity index (χ2n) is 7.41. The Labute approximate surface area is 146 Å². The van der Waals surface area contributed by atoms with Crippen molar-refractivity contribution in [2.24, 2.45) is 0 Å². The molecule has 24 heavy (non-hydrogen) atoms. The Morgan fingerprint density at radius 2 is 1.75 bits per heavy atom. The van der Waals surface area contributed by atoms with Crippen LogP contribution in [0.4, 0.5) is 0 Å². The van der Waals surface area contributed by atoms with Gasteiger partial charge in [-0.3, -0.25) is 0 Å². The molecule has 3 nitrogen and oxygen atoms in total. The second-order valence-corrected chi connectivity index (χ2v) is 12.1. The highest BCUT2D eigenvalue weighted by Crippen LogP contribution is 2.37. The topological polar surface area (TPSA) is 42.2 Å². The van der Waals surface area contributed by atoms with Gasteiger partial charge in [-0.15, -0.1) is 0 Å². The average molecular weight is 340 g/mol. The third-order valence-electron chi connectivity index (χ3n) is 4.48. The van der Waals surface area contributed by atoms with Crippen LogP contribution in [-0.4, -0.2) is 8.32 Å². The van der Waals surface area contributed by atoms with E-state index >= 15 is 0 Å². The van der Waals surface area contributed by atoms with Crippen LogP contribution in [0.5, 0.6) is 11.5 Å². The highest BCUT2D eigenvalue weighted by Gasteiger charge is 2.38. The molecule has 0 heterocycles. The Kier molecular flexibility index (Phi) is 5.35. The van der Waals surface area contributed by atoms with E-state index < -0.39 is 8.32 Å². The third-order valence-corrected chi connectivity index (χ3v) is 8.84. The molecule has 0 fully saturated rings. The minimum absolute atomic E-state index is 0.158. The molecule has 2 rings (SSSR count). The number of nitrogens with zero attached hydrogens (tertiary/aromatic N) is 1. The summed E-state index contributed by atoms with van der Waals surface area (Å²) in [5.41, 5.74) is 1.57. The standard InChI is InChI=1S/C20H25NO2Si/c1-20(2,3)24(4,5)23-18-11-8-9-16(13-18)15-22-19-12-7-6-10-17(19)14-21/h6-13H,15H2,1-5H3. The van der Waals surface area contributed by atoms with Crippen LogP contribution in [0.3, 0.4) is 0 Å². The van der Waals surface area contributed by atoms with Crippen molar-refractivity contribution < 1.29 is 9.16 Å². The predicted octanol–water partition coefficient (Wildman–Crippen LogP) is 5.52. The van der Waals surface area contributed by atoms with Crippen LogP contribution in [0.1, 0.15) is 31.9 Å². The normalized spacial score (nSPS) is 11.7. The van der Waals surface area contributed by atoms with E-state index in [1.165, 1.54) is 0 Å². The summed E-state index contributed by atoms with van der Waals surface area (Å²) in [5.74, 6) is 1.49. The highest BCUT2D eigenvalue weighted by molar-refractivity contribution is 6.74. The molecule has 0 spiro atoms. The lowest BCUT2D eigenvalue weighted by molar-refractivity contribution is 0.305. The Bertz CT molecular complexity index is 742. The third kappa shape index (κ3) is 4.39. The van der Waals surface area contributed by atoms with E-state index in [1.54, 1.807) is 6.07 Å². The number of nitriles is 1. The minimum Gasteiger partial charge on any atom is -0.543 e. The summed E-state index contributed by atoms with van der Waals surface area (Å²) in [4.78, 5) is 0. The first-order valence-corrected chi connectivity index (χ1v) is 11.0. The largest absolute Gasteiger partial charge is 0.543 e. The lowest BCUT2D eigenvalue weighted by atomic mass is 10.2. The molecule has 0 atom stereocenters. The van der Waals surface area contributed by atoms with Gasteiger partial charge in [0.1, 0.15) is 24.2 Å². The van der Waals surface area contributed by atoms with Crippen LogP contribution in [0, 0.1) is 11.3 Å². The van der Waals surface area contributed by atoms with Gasteiger partial charge in [-0.25, -0.2) is 0 Å². The number of benzene rings is 2. The fraction of sp³-hybridized carbons (Fsp3) is 0.350. The van der Waals surface area contributed by atoms with Gasteiger partial charge in [0.25, 0.3) is 0 Å². The minimum atomic E-state index is -1.85. The molecule has 0 aliphatic carbocycles. The molecule has 0 aromatic heterocycles. The van der Waals surface area contributed by atoms with Crippen molar-refractivity contribution in [3.05, 3.63) is 59.7 Å². The van der Waals surface area contributed by atoms with E-state index in [-0.39, 0.29) is 5.04 Å². The van der Waals surface area contributed by atoms with Gasteiger partial charge in [0.15, 0.2) is 0 Å². The van der Waals surface area contributed by atoms with Crippen LogP contribution in [0.2, 0.25) is 18.1 Å². The van der Waals surface area contributed by atoms with Crippen molar-refractivity contribution in [3.63, 3.8) is 0 Å². The molecule has 126 valence electrons. The van der Waals surface area contributed by atoms with Gasteiger partial charge in [0.05, 0.1) is 5.56 Å². The van der Waals surface area contributed by atoms with Gasteiger partial charge in [-0.05, 0) is 48.0 Å². The molecule has 0 aliphatic heterocycles. The number of hydrogen-bond acceptors (Lipinski definition) is 3. The number of hydrogen-bond donors (Lipinski definition) is 0. The fourth-order valence-corrected chi connectivity index (χ4v) is 3.01. The fourth-order valence-electron chi connectivity index (χ4n) is 1.99. The number of para-hydroxylation sites is 1. The highest BCUT2D eigenvalue weighted by atomic mass is 28.4. The van der Waals surface area contributed by atoms with Gasteiger partial charge in [0, 0.05) is 0 Å². The molecule has 0 bridgehead atoms. The molecular formula is C20H25NO2Si. The zero-order chi connectivity index (χ0) is 17.8. The summed E-state index contributed by atoms with van der Waals surface area (Å²) in [6, 6.07) is 17.4. The van der Waals surface area contributed by atoms with Gasteiger partial charge >= 0.3 is 0 Å². The van der Waals surface area contributed by atoms with Crippen molar-refractivity contribution in [3.8, 4) is 17.6 Å². The molecule has 2 aromatic carbocycles. The summed E-state index contributed by atoms with van der Waals surface area (Å²) in [6.07, 6.45) is 0. The molecule has 0 saturated carbocycles. The number of rotatable bonds is 5. The van der Waals surface area contributed by atoms with Crippen LogP contribution < -0.4 is 9.16 Å². The van der Waals surface area contributed by atoms with E-state index in [4.69, 9.17) is 14.4 Å². The zero-order valence-electron chi connectivity index (χ0n) is 15.1. The molecule has 0 N–H and O–H groups in total. The summed E-state index contributed by atoms with van der Waals surface area (Å²) < 4.78 is 12.1. The Balaban J connectivity index is 2.10. The van der Waals surface area contributed by atoms with Gasteiger partial charge < -0.3 is 9.16 Å². The Hall–Kier alpha value is -2.25. The van der Waals surface area contributed by atoms with E-state index in [0.717, 1.165) is 11.3 Å². The van der Waals surface area contributed by atoms with Crippen molar-refractivity contribution >= 4 is 8.32 Å². The SMILES string of the molecule is CC(C)(C)[Si](C)(C)Oc1cccc(COc2ccccc2C#N)c1.